The van der Waals surface area contributed by atoms with Crippen LogP contribution in [0.2, 0.25) is 0 Å². The molecule has 674 valence electrons. The number of benzene rings is 21. The Hall–Kier alpha value is -18.0. The molecule has 0 amide bonds. The molecule has 0 fully saturated rings. The van der Waals surface area contributed by atoms with Crippen molar-refractivity contribution in [3.63, 3.8) is 0 Å². The minimum atomic E-state index is -0.134. The fourth-order valence-electron chi connectivity index (χ4n) is 26.3. The van der Waals surface area contributed by atoms with Crippen LogP contribution in [0.25, 0.3) is 271 Å². The van der Waals surface area contributed by atoms with Crippen LogP contribution in [0.3, 0.4) is 0 Å². The molecule has 0 aliphatic heterocycles. The van der Waals surface area contributed by atoms with Gasteiger partial charge in [-0.15, -0.1) is 0 Å². The van der Waals surface area contributed by atoms with Gasteiger partial charge in [0, 0.05) is 121 Å². The second kappa shape index (κ2) is 29.5. The first-order chi connectivity index (χ1) is 70.7. The van der Waals surface area contributed by atoms with Crippen LogP contribution in [0.1, 0.15) is 74.9 Å². The first-order valence-electron chi connectivity index (χ1n) is 50.4. The van der Waals surface area contributed by atoms with Crippen molar-refractivity contribution in [1.82, 2.24) is 32.8 Å². The SMILES string of the molecule is CC1(C)c2ccccc2-c2ccc(-n3c4ccccc4c4cc(-c5ccc6c(c5)c5ccccc5n6-c5ccc(-c6ccc7c8c(cccc68)-c6nc(-c8ccc(-n9c%10ccc(-c%11ccc%12c(c%11)c%11ccccc%11n%12-c%11ccc%12c(c%11)C(C)(C)c%11ccccc%11-%12)cc%10c%10cc(-c%11ccc%12c(c%11)c%11ccccc%11n%12-c%11ccc%12c(c%11)C(C)(C)c%11ccccc%11-%12)ccc%109)cc8)nc(-c8ccccc8)c6-7)cc5)ccc43)cc21. The molecule has 27 aromatic rings. The van der Waals surface area contributed by atoms with Gasteiger partial charge in [-0.05, 0) is 297 Å². The van der Waals surface area contributed by atoms with Gasteiger partial charge in [0.1, 0.15) is 0 Å². The van der Waals surface area contributed by atoms with Gasteiger partial charge in [0.15, 0.2) is 5.82 Å². The van der Waals surface area contributed by atoms with Crippen LogP contribution in [-0.2, 0) is 16.2 Å². The van der Waals surface area contributed by atoms with Crippen molar-refractivity contribution in [2.75, 3.05) is 0 Å². The second-order valence-electron chi connectivity index (χ2n) is 41.8. The van der Waals surface area contributed by atoms with Crippen LogP contribution in [0.15, 0.2) is 443 Å². The molecule has 144 heavy (non-hydrogen) atoms. The fourth-order valence-corrected chi connectivity index (χ4v) is 26.3. The van der Waals surface area contributed by atoms with Gasteiger partial charge < -0.3 is 22.8 Å². The molecule has 31 rings (SSSR count). The lowest BCUT2D eigenvalue weighted by Crippen LogP contribution is -2.15. The molecule has 4 aliphatic rings. The van der Waals surface area contributed by atoms with E-state index >= 15 is 0 Å². The summed E-state index contributed by atoms with van der Waals surface area (Å²) in [5, 5.41) is 14.5. The van der Waals surface area contributed by atoms with Crippen LogP contribution in [-0.4, -0.2) is 32.8 Å². The van der Waals surface area contributed by atoms with Crippen LogP contribution in [0.5, 0.6) is 0 Å². The Morgan fingerprint density at radius 2 is 0.424 bits per heavy atom. The third kappa shape index (κ3) is 11.3. The molecule has 0 N–H and O–H groups in total. The summed E-state index contributed by atoms with van der Waals surface area (Å²) in [5.74, 6) is 0.672. The van der Waals surface area contributed by atoms with Gasteiger partial charge in [-0.1, -0.05) is 315 Å². The largest absolute Gasteiger partial charge is 0.309 e. The smallest absolute Gasteiger partial charge is 0.160 e. The molecule has 7 heteroatoms. The molecular weight excluding hydrogens is 1740 g/mol. The summed E-state index contributed by atoms with van der Waals surface area (Å²) in [6.45, 7) is 14.2. The van der Waals surface area contributed by atoms with Crippen LogP contribution in [0.4, 0.5) is 0 Å². The topological polar surface area (TPSA) is 50.4 Å². The highest BCUT2D eigenvalue weighted by Gasteiger charge is 2.40. The Bertz CT molecular complexity index is 10100. The van der Waals surface area contributed by atoms with E-state index < -0.39 is 0 Å². The zero-order valence-corrected chi connectivity index (χ0v) is 80.3. The predicted molar refractivity (Wildman–Crippen MR) is 601 cm³/mol. The van der Waals surface area contributed by atoms with Gasteiger partial charge in [0.05, 0.1) is 66.6 Å². The highest BCUT2D eigenvalue weighted by atomic mass is 15.0. The van der Waals surface area contributed by atoms with Crippen LogP contribution < -0.4 is 0 Å². The van der Waals surface area contributed by atoms with E-state index in [9.17, 15) is 0 Å². The summed E-state index contributed by atoms with van der Waals surface area (Å²) in [4.78, 5) is 11.4. The van der Waals surface area contributed by atoms with Crippen molar-refractivity contribution in [2.24, 2.45) is 0 Å². The molecule has 7 nitrogen and oxygen atoms in total. The highest BCUT2D eigenvalue weighted by molar-refractivity contribution is 6.22. The Balaban J connectivity index is 0.494. The molecule has 0 radical (unpaired) electrons. The Morgan fingerprint density at radius 3 is 0.799 bits per heavy atom. The van der Waals surface area contributed by atoms with E-state index in [2.05, 4.69) is 507 Å². The minimum absolute atomic E-state index is 0.105. The summed E-state index contributed by atoms with van der Waals surface area (Å²) in [6, 6.07) is 167. The van der Waals surface area contributed by atoms with E-state index in [0.29, 0.717) is 5.82 Å². The maximum Gasteiger partial charge on any atom is 0.160 e. The third-order valence-electron chi connectivity index (χ3n) is 33.3. The summed E-state index contributed by atoms with van der Waals surface area (Å²) < 4.78 is 12.3. The number of hydrogen-bond acceptors (Lipinski definition) is 2. The van der Waals surface area contributed by atoms with Crippen molar-refractivity contribution < 1.29 is 0 Å². The Morgan fingerprint density at radius 1 is 0.160 bits per heavy atom. The van der Waals surface area contributed by atoms with Crippen molar-refractivity contribution in [2.45, 2.75) is 57.8 Å². The zero-order chi connectivity index (χ0) is 95.2. The molecule has 21 aromatic carbocycles. The Labute approximate surface area is 832 Å². The lowest BCUT2D eigenvalue weighted by molar-refractivity contribution is 0.660. The number of hydrogen-bond donors (Lipinski definition) is 0. The van der Waals surface area contributed by atoms with Crippen LogP contribution >= 0.6 is 0 Å². The molecule has 0 unspecified atom stereocenters. The van der Waals surface area contributed by atoms with Gasteiger partial charge in [0.2, 0.25) is 0 Å². The number of nitrogens with zero attached hydrogens (tertiary/aromatic N) is 7. The standard InChI is InChI=1S/C137H91N7/c1-135(2)114-36-17-10-27-95(114)98-60-57-91(77-117(98)135)142-121-40-21-14-31-102(121)109-72-84(48-66-125(109)142)83-47-65-124-108(71-83)101-30-13-20-39-120(101)140(124)89-53-43-80(44-54-89)94-63-64-106-130-105(94)34-24-35-107(130)133-131(106)132(81-25-8-7-9-26-81)138-134(139-133)82-45-55-90(56-46-82)141-128-69-51-87(85-49-67-126-110(73-85)103-32-15-22-41-122(103)143(126)92-58-61-99-96-28-11-18-37-115(96)136(3,4)118(99)78-92)75-112(128)113-76-88(52-70-129(113)141)86-50-68-127-111(74-86)104-33-16-23-42-123(104)144(127)93-59-62-100-97-29-12-19-38-116(97)137(5,6)119(100)79-93/h7-79H,1-6H3. The summed E-state index contributed by atoms with van der Waals surface area (Å²) in [7, 11) is 0. The normalized spacial score (nSPS) is 13.8. The fraction of sp³-hybridized carbons (Fsp3) is 0.0657. The maximum atomic E-state index is 5.71. The predicted octanol–water partition coefficient (Wildman–Crippen LogP) is 35.7. The van der Waals surface area contributed by atoms with Gasteiger partial charge in [-0.25, -0.2) is 9.97 Å². The summed E-state index contributed by atoms with van der Waals surface area (Å²) in [5.41, 5.74) is 49.6. The lowest BCUT2D eigenvalue weighted by Gasteiger charge is -2.22. The first kappa shape index (κ1) is 80.9. The summed E-state index contributed by atoms with van der Waals surface area (Å²) in [6.07, 6.45) is 0. The summed E-state index contributed by atoms with van der Waals surface area (Å²) >= 11 is 0. The molecule has 0 saturated heterocycles. The van der Waals surface area contributed by atoms with E-state index in [0.717, 1.165) is 94.9 Å². The van der Waals surface area contributed by atoms with Crippen molar-refractivity contribution in [1.29, 1.82) is 0 Å². The average Bonchev–Trinajstić information content (AvgIpc) is 1.58. The maximum absolute atomic E-state index is 5.71. The average molecular weight is 1840 g/mol. The van der Waals surface area contributed by atoms with E-state index in [4.69, 9.17) is 9.97 Å². The van der Waals surface area contributed by atoms with Gasteiger partial charge in [-0.3, -0.25) is 0 Å². The van der Waals surface area contributed by atoms with Crippen molar-refractivity contribution in [3.05, 3.63) is 476 Å². The minimum Gasteiger partial charge on any atom is -0.309 e. The molecule has 0 spiro atoms. The lowest BCUT2D eigenvalue weighted by atomic mass is 9.82. The van der Waals surface area contributed by atoms with E-state index in [1.807, 2.05) is 0 Å². The zero-order valence-electron chi connectivity index (χ0n) is 80.3. The third-order valence-corrected chi connectivity index (χ3v) is 33.3. The first-order valence-corrected chi connectivity index (χ1v) is 50.4. The van der Waals surface area contributed by atoms with Crippen LogP contribution in [0, 0.1) is 0 Å². The van der Waals surface area contributed by atoms with Gasteiger partial charge in [0.25, 0.3) is 0 Å². The van der Waals surface area contributed by atoms with Crippen molar-refractivity contribution >= 4 is 120 Å². The van der Waals surface area contributed by atoms with Gasteiger partial charge >= 0.3 is 0 Å². The molecule has 6 aromatic heterocycles. The van der Waals surface area contributed by atoms with Gasteiger partial charge in [-0.2, -0.15) is 0 Å². The molecule has 4 aliphatic carbocycles. The van der Waals surface area contributed by atoms with Crippen molar-refractivity contribution in [3.8, 4) is 151 Å². The van der Waals surface area contributed by atoms with E-state index in [1.54, 1.807) is 0 Å². The van der Waals surface area contributed by atoms with E-state index in [-0.39, 0.29) is 16.2 Å². The molecule has 0 saturated carbocycles. The van der Waals surface area contributed by atoms with E-state index in [1.165, 1.54) is 204 Å². The molecular formula is C137H91N7. The molecule has 0 bridgehead atoms. The number of aromatic nitrogens is 7. The quantitative estimate of drug-likeness (QED) is 0.130. The highest BCUT2D eigenvalue weighted by Crippen LogP contribution is 2.57. The monoisotopic (exact) mass is 1830 g/mol. The number of para-hydroxylation sites is 4. The Kier molecular flexibility index (Phi) is 16.6. The second-order valence-corrected chi connectivity index (χ2v) is 41.8. The number of fused-ring (bicyclic) bond motifs is 27. The molecule has 6 heterocycles. The number of rotatable bonds is 11. The molecule has 0 atom stereocenters.